The van der Waals surface area contributed by atoms with Gasteiger partial charge in [0, 0.05) is 12.2 Å². The molecule has 0 aliphatic heterocycles. The van der Waals surface area contributed by atoms with Crippen LogP contribution in [0.5, 0.6) is 0 Å². The zero-order valence-corrected chi connectivity index (χ0v) is 11.3. The second kappa shape index (κ2) is 5.01. The summed E-state index contributed by atoms with van der Waals surface area (Å²) in [5.74, 6) is 0.0284. The normalized spacial score (nSPS) is 14.3. The van der Waals surface area contributed by atoms with Gasteiger partial charge in [-0.1, -0.05) is 6.07 Å². The number of nitrogen functional groups attached to an aromatic ring is 1. The van der Waals surface area contributed by atoms with Crippen LogP contribution in [0.1, 0.15) is 28.2 Å². The summed E-state index contributed by atoms with van der Waals surface area (Å²) in [6.45, 7) is 0.557. The van der Waals surface area contributed by atoms with Crippen LogP contribution in [0, 0.1) is 0 Å². The number of pyridine rings is 1. The number of thiophene rings is 1. The third kappa shape index (κ3) is 2.61. The second-order valence-corrected chi connectivity index (χ2v) is 5.61. The van der Waals surface area contributed by atoms with E-state index in [1.165, 1.54) is 11.3 Å². The van der Waals surface area contributed by atoms with Crippen molar-refractivity contribution in [1.29, 1.82) is 0 Å². The van der Waals surface area contributed by atoms with E-state index in [4.69, 9.17) is 5.73 Å². The lowest BCUT2D eigenvalue weighted by Gasteiger charge is -2.21. The molecular weight excluding hydrogens is 258 g/mol. The summed E-state index contributed by atoms with van der Waals surface area (Å²) in [5.41, 5.74) is 7.33. The molecule has 2 N–H and O–H groups in total. The molecule has 1 aliphatic carbocycles. The standard InChI is InChI=1S/C14H15N3OS/c15-12-6-8-19-13(12)14(18)17(11-4-5-11)9-10-3-1-2-7-16-10/h1-3,6-8,11H,4-5,9,15H2. The highest BCUT2D eigenvalue weighted by atomic mass is 32.1. The molecule has 2 aromatic heterocycles. The van der Waals surface area contributed by atoms with E-state index in [2.05, 4.69) is 4.98 Å². The van der Waals surface area contributed by atoms with E-state index in [1.54, 1.807) is 12.3 Å². The van der Waals surface area contributed by atoms with E-state index >= 15 is 0 Å². The number of nitrogens with zero attached hydrogens (tertiary/aromatic N) is 2. The molecule has 1 amide bonds. The Kier molecular flexibility index (Phi) is 3.21. The molecule has 0 saturated heterocycles. The minimum absolute atomic E-state index is 0.0284. The number of nitrogens with two attached hydrogens (primary N) is 1. The highest BCUT2D eigenvalue weighted by molar-refractivity contribution is 7.12. The first-order valence-electron chi connectivity index (χ1n) is 6.29. The van der Waals surface area contributed by atoms with Gasteiger partial charge in [0.1, 0.15) is 4.88 Å². The summed E-state index contributed by atoms with van der Waals surface area (Å²) in [7, 11) is 0. The number of carbonyl (C=O) groups excluding carboxylic acids is 1. The highest BCUT2D eigenvalue weighted by Gasteiger charge is 2.34. The van der Waals surface area contributed by atoms with Crippen LogP contribution in [0.15, 0.2) is 35.8 Å². The van der Waals surface area contributed by atoms with Crippen LogP contribution < -0.4 is 5.73 Å². The lowest BCUT2D eigenvalue weighted by Crippen LogP contribution is -2.32. The predicted octanol–water partition coefficient (Wildman–Crippen LogP) is 2.53. The predicted molar refractivity (Wildman–Crippen MR) is 75.9 cm³/mol. The molecule has 4 nitrogen and oxygen atoms in total. The lowest BCUT2D eigenvalue weighted by atomic mass is 10.3. The van der Waals surface area contributed by atoms with Gasteiger partial charge in [0.25, 0.3) is 5.91 Å². The Balaban J connectivity index is 1.82. The van der Waals surface area contributed by atoms with Crippen LogP contribution in [-0.2, 0) is 6.54 Å². The van der Waals surface area contributed by atoms with Gasteiger partial charge >= 0.3 is 0 Å². The van der Waals surface area contributed by atoms with Gasteiger partial charge < -0.3 is 10.6 Å². The number of hydrogen-bond acceptors (Lipinski definition) is 4. The van der Waals surface area contributed by atoms with Crippen molar-refractivity contribution in [3.05, 3.63) is 46.4 Å². The summed E-state index contributed by atoms with van der Waals surface area (Å²) < 4.78 is 0. The maximum Gasteiger partial charge on any atom is 0.266 e. The Labute approximate surface area is 115 Å². The molecule has 0 aromatic carbocycles. The van der Waals surface area contributed by atoms with Gasteiger partial charge in [-0.2, -0.15) is 0 Å². The lowest BCUT2D eigenvalue weighted by molar-refractivity contribution is 0.0733. The van der Waals surface area contributed by atoms with Crippen LogP contribution >= 0.6 is 11.3 Å². The van der Waals surface area contributed by atoms with E-state index < -0.39 is 0 Å². The molecule has 0 bridgehead atoms. The average molecular weight is 273 g/mol. The third-order valence-electron chi connectivity index (χ3n) is 3.20. The molecule has 2 aromatic rings. The summed E-state index contributed by atoms with van der Waals surface area (Å²) in [4.78, 5) is 19.4. The molecule has 19 heavy (non-hydrogen) atoms. The Hall–Kier alpha value is -1.88. The van der Waals surface area contributed by atoms with Gasteiger partial charge in [0.05, 0.1) is 17.9 Å². The van der Waals surface area contributed by atoms with E-state index in [-0.39, 0.29) is 5.91 Å². The molecule has 1 saturated carbocycles. The Morgan fingerprint density at radius 3 is 2.84 bits per heavy atom. The zero-order chi connectivity index (χ0) is 13.2. The van der Waals surface area contributed by atoms with Gasteiger partial charge in [-0.05, 0) is 36.4 Å². The van der Waals surface area contributed by atoms with Crippen molar-refractivity contribution >= 4 is 22.9 Å². The van der Waals surface area contributed by atoms with Crippen molar-refractivity contribution in [3.63, 3.8) is 0 Å². The molecular formula is C14H15N3OS. The van der Waals surface area contributed by atoms with Crippen molar-refractivity contribution < 1.29 is 4.79 Å². The van der Waals surface area contributed by atoms with Crippen LogP contribution in [0.25, 0.3) is 0 Å². The Bertz CT molecular complexity index is 577. The van der Waals surface area contributed by atoms with Crippen LogP contribution in [0.4, 0.5) is 5.69 Å². The van der Waals surface area contributed by atoms with Gasteiger partial charge in [0.15, 0.2) is 0 Å². The Morgan fingerprint density at radius 2 is 2.26 bits per heavy atom. The first-order valence-corrected chi connectivity index (χ1v) is 7.17. The maximum absolute atomic E-state index is 12.5. The summed E-state index contributed by atoms with van der Waals surface area (Å²) >= 11 is 1.41. The number of carbonyl (C=O) groups is 1. The number of hydrogen-bond donors (Lipinski definition) is 1. The summed E-state index contributed by atoms with van der Waals surface area (Å²) in [5, 5.41) is 1.86. The first kappa shape index (κ1) is 12.2. The van der Waals surface area contributed by atoms with Crippen LogP contribution in [-0.4, -0.2) is 21.8 Å². The minimum atomic E-state index is 0.0284. The number of rotatable bonds is 4. The number of aromatic nitrogens is 1. The van der Waals surface area contributed by atoms with Gasteiger partial charge in [-0.15, -0.1) is 11.3 Å². The van der Waals surface area contributed by atoms with Gasteiger partial charge in [0.2, 0.25) is 0 Å². The van der Waals surface area contributed by atoms with E-state index in [9.17, 15) is 4.79 Å². The van der Waals surface area contributed by atoms with Gasteiger partial charge in [-0.25, -0.2) is 0 Å². The average Bonchev–Trinajstić information content (AvgIpc) is 3.18. The zero-order valence-electron chi connectivity index (χ0n) is 10.5. The van der Waals surface area contributed by atoms with Crippen molar-refractivity contribution in [1.82, 2.24) is 9.88 Å². The largest absolute Gasteiger partial charge is 0.397 e. The number of anilines is 1. The second-order valence-electron chi connectivity index (χ2n) is 4.69. The van der Waals surface area contributed by atoms with Crippen molar-refractivity contribution in [3.8, 4) is 0 Å². The minimum Gasteiger partial charge on any atom is -0.397 e. The smallest absolute Gasteiger partial charge is 0.266 e. The quantitative estimate of drug-likeness (QED) is 0.931. The molecule has 0 unspecified atom stereocenters. The fourth-order valence-corrected chi connectivity index (χ4v) is 2.82. The molecule has 0 radical (unpaired) electrons. The van der Waals surface area contributed by atoms with E-state index in [1.807, 2.05) is 28.5 Å². The van der Waals surface area contributed by atoms with Crippen molar-refractivity contribution in [2.75, 3.05) is 5.73 Å². The van der Waals surface area contributed by atoms with Crippen molar-refractivity contribution in [2.45, 2.75) is 25.4 Å². The molecule has 5 heteroatoms. The maximum atomic E-state index is 12.5. The first-order chi connectivity index (χ1) is 9.25. The topological polar surface area (TPSA) is 59.2 Å². The van der Waals surface area contributed by atoms with Crippen LogP contribution in [0.2, 0.25) is 0 Å². The Morgan fingerprint density at radius 1 is 1.42 bits per heavy atom. The molecule has 2 heterocycles. The monoisotopic (exact) mass is 273 g/mol. The summed E-state index contributed by atoms with van der Waals surface area (Å²) in [6.07, 6.45) is 3.90. The van der Waals surface area contributed by atoms with Gasteiger partial charge in [-0.3, -0.25) is 9.78 Å². The molecule has 0 atom stereocenters. The molecule has 98 valence electrons. The SMILES string of the molecule is Nc1ccsc1C(=O)N(Cc1ccccn1)C1CC1. The van der Waals surface area contributed by atoms with Crippen molar-refractivity contribution in [2.24, 2.45) is 0 Å². The number of amides is 1. The third-order valence-corrected chi connectivity index (χ3v) is 4.12. The molecule has 0 spiro atoms. The molecule has 1 fully saturated rings. The fraction of sp³-hybridized carbons (Fsp3) is 0.286. The molecule has 1 aliphatic rings. The molecule has 3 rings (SSSR count). The highest BCUT2D eigenvalue weighted by Crippen LogP contribution is 2.31. The van der Waals surface area contributed by atoms with Crippen LogP contribution in [0.3, 0.4) is 0 Å². The van der Waals surface area contributed by atoms with E-state index in [0.29, 0.717) is 23.2 Å². The fourth-order valence-electron chi connectivity index (χ4n) is 2.04. The van der Waals surface area contributed by atoms with E-state index in [0.717, 1.165) is 18.5 Å². The summed E-state index contributed by atoms with van der Waals surface area (Å²) in [6, 6.07) is 7.89.